The highest BCUT2D eigenvalue weighted by Crippen LogP contribution is 2.26. The van der Waals surface area contributed by atoms with Gasteiger partial charge in [0.05, 0.1) is 12.2 Å². The molecule has 1 aromatic carbocycles. The average Bonchev–Trinajstić information content (AvgIpc) is 2.94. The van der Waals surface area contributed by atoms with Crippen molar-refractivity contribution in [3.8, 4) is 0 Å². The molecular formula is C18H23FN4O. The Bertz CT molecular complexity index is 728. The number of nitrogens with one attached hydrogen (secondary N) is 2. The highest BCUT2D eigenvalue weighted by atomic mass is 19.1. The summed E-state index contributed by atoms with van der Waals surface area (Å²) in [7, 11) is 0. The first kappa shape index (κ1) is 16.6. The summed E-state index contributed by atoms with van der Waals surface area (Å²) < 4.78 is 16.1. The van der Waals surface area contributed by atoms with E-state index in [1.54, 1.807) is 18.2 Å². The van der Waals surface area contributed by atoms with E-state index in [1.807, 2.05) is 17.8 Å². The molecule has 0 saturated carbocycles. The second-order valence-corrected chi connectivity index (χ2v) is 6.16. The molecule has 6 heteroatoms. The largest absolute Gasteiger partial charge is 0.348 e. The monoisotopic (exact) mass is 330 g/mol. The van der Waals surface area contributed by atoms with Crippen LogP contribution in [0, 0.1) is 12.7 Å². The second kappa shape index (κ2) is 7.13. The predicted molar refractivity (Wildman–Crippen MR) is 89.8 cm³/mol. The molecule has 1 fully saturated rings. The van der Waals surface area contributed by atoms with Crippen molar-refractivity contribution in [2.75, 3.05) is 0 Å². The van der Waals surface area contributed by atoms with Crippen molar-refractivity contribution >= 4 is 5.91 Å². The van der Waals surface area contributed by atoms with Gasteiger partial charge in [0.25, 0.3) is 0 Å². The minimum atomic E-state index is -0.353. The first-order valence-corrected chi connectivity index (χ1v) is 8.38. The molecule has 1 amide bonds. The van der Waals surface area contributed by atoms with Crippen LogP contribution in [0.2, 0.25) is 0 Å². The Morgan fingerprint density at radius 1 is 1.42 bits per heavy atom. The first-order chi connectivity index (χ1) is 11.6. The fourth-order valence-electron chi connectivity index (χ4n) is 3.26. The number of amides is 1. The molecule has 2 aromatic rings. The molecule has 2 atom stereocenters. The standard InChI is InChI=1S/C18H23FN4O/c1-3-23-12(2)13(11-21-23)10-20-16-8-9-17(24)22-18(16)14-6-4-5-7-15(14)19/h4-7,11,16,18,20H,3,8-10H2,1-2H3,(H,22,24)/t16-,18+/m1/s1. The fourth-order valence-corrected chi connectivity index (χ4v) is 3.26. The van der Waals surface area contributed by atoms with Crippen LogP contribution in [0.4, 0.5) is 4.39 Å². The summed E-state index contributed by atoms with van der Waals surface area (Å²) in [4.78, 5) is 11.8. The molecule has 0 unspecified atom stereocenters. The van der Waals surface area contributed by atoms with Gasteiger partial charge in [-0.1, -0.05) is 18.2 Å². The zero-order valence-electron chi connectivity index (χ0n) is 14.1. The van der Waals surface area contributed by atoms with Crippen LogP contribution >= 0.6 is 0 Å². The van der Waals surface area contributed by atoms with Gasteiger partial charge >= 0.3 is 0 Å². The molecule has 1 saturated heterocycles. The Kier molecular flexibility index (Phi) is 4.94. The molecule has 0 spiro atoms. The second-order valence-electron chi connectivity index (χ2n) is 6.16. The topological polar surface area (TPSA) is 59.0 Å². The quantitative estimate of drug-likeness (QED) is 0.885. The third-order valence-electron chi connectivity index (χ3n) is 4.70. The summed E-state index contributed by atoms with van der Waals surface area (Å²) in [6.45, 7) is 5.59. The molecule has 1 aliphatic heterocycles. The molecule has 0 radical (unpaired) electrons. The van der Waals surface area contributed by atoms with E-state index in [4.69, 9.17) is 0 Å². The third kappa shape index (κ3) is 3.33. The number of aromatic nitrogens is 2. The van der Waals surface area contributed by atoms with Gasteiger partial charge in [0, 0.05) is 42.4 Å². The number of rotatable bonds is 5. The fraction of sp³-hybridized carbons (Fsp3) is 0.444. The molecule has 1 aromatic heterocycles. The van der Waals surface area contributed by atoms with Gasteiger partial charge in [0.2, 0.25) is 5.91 Å². The molecular weight excluding hydrogens is 307 g/mol. The predicted octanol–water partition coefficient (Wildman–Crippen LogP) is 2.46. The minimum Gasteiger partial charge on any atom is -0.348 e. The molecule has 2 N–H and O–H groups in total. The summed E-state index contributed by atoms with van der Waals surface area (Å²) >= 11 is 0. The highest BCUT2D eigenvalue weighted by Gasteiger charge is 2.31. The van der Waals surface area contributed by atoms with Crippen molar-refractivity contribution < 1.29 is 9.18 Å². The van der Waals surface area contributed by atoms with Crippen LogP contribution in [0.3, 0.4) is 0 Å². The van der Waals surface area contributed by atoms with E-state index in [2.05, 4.69) is 22.7 Å². The Hall–Kier alpha value is -2.21. The maximum absolute atomic E-state index is 14.2. The van der Waals surface area contributed by atoms with Crippen molar-refractivity contribution in [1.29, 1.82) is 0 Å². The number of halogens is 1. The summed E-state index contributed by atoms with van der Waals surface area (Å²) in [5, 5.41) is 10.8. The first-order valence-electron chi connectivity index (χ1n) is 8.38. The van der Waals surface area contributed by atoms with E-state index in [0.717, 1.165) is 17.8 Å². The van der Waals surface area contributed by atoms with Gasteiger partial charge in [-0.25, -0.2) is 4.39 Å². The number of benzene rings is 1. The Morgan fingerprint density at radius 3 is 2.92 bits per heavy atom. The molecule has 128 valence electrons. The number of nitrogens with zero attached hydrogens (tertiary/aromatic N) is 2. The van der Waals surface area contributed by atoms with Crippen LogP contribution < -0.4 is 10.6 Å². The number of carbonyl (C=O) groups excluding carboxylic acids is 1. The highest BCUT2D eigenvalue weighted by molar-refractivity contribution is 5.77. The van der Waals surface area contributed by atoms with Crippen molar-refractivity contribution in [3.63, 3.8) is 0 Å². The van der Waals surface area contributed by atoms with Crippen LogP contribution in [0.1, 0.15) is 42.6 Å². The van der Waals surface area contributed by atoms with Gasteiger partial charge < -0.3 is 10.6 Å². The van der Waals surface area contributed by atoms with E-state index in [1.165, 1.54) is 6.07 Å². The summed E-state index contributed by atoms with van der Waals surface area (Å²) in [6.07, 6.45) is 3.01. The molecule has 24 heavy (non-hydrogen) atoms. The molecule has 2 heterocycles. The zero-order valence-corrected chi connectivity index (χ0v) is 14.1. The average molecular weight is 330 g/mol. The van der Waals surface area contributed by atoms with Crippen LogP contribution in [0.15, 0.2) is 30.5 Å². The van der Waals surface area contributed by atoms with E-state index >= 15 is 0 Å². The number of aryl methyl sites for hydroxylation is 1. The molecule has 1 aliphatic rings. The summed E-state index contributed by atoms with van der Waals surface area (Å²) in [5.74, 6) is -0.317. The number of carbonyl (C=O) groups is 1. The Balaban J connectivity index is 1.76. The minimum absolute atomic E-state index is 0.0102. The van der Waals surface area contributed by atoms with E-state index < -0.39 is 0 Å². The van der Waals surface area contributed by atoms with Crippen LogP contribution in [0.25, 0.3) is 0 Å². The van der Waals surface area contributed by atoms with Gasteiger partial charge in [-0.3, -0.25) is 9.48 Å². The zero-order chi connectivity index (χ0) is 17.1. The van der Waals surface area contributed by atoms with Gasteiger partial charge in [0.15, 0.2) is 0 Å². The lowest BCUT2D eigenvalue weighted by Crippen LogP contribution is -2.48. The van der Waals surface area contributed by atoms with Gasteiger partial charge in [-0.15, -0.1) is 0 Å². The Morgan fingerprint density at radius 2 is 2.21 bits per heavy atom. The maximum atomic E-state index is 14.2. The van der Waals surface area contributed by atoms with Crippen LogP contribution in [-0.4, -0.2) is 21.7 Å². The van der Waals surface area contributed by atoms with Gasteiger partial charge in [-0.05, 0) is 26.3 Å². The van der Waals surface area contributed by atoms with Gasteiger partial charge in [0.1, 0.15) is 5.82 Å². The smallest absolute Gasteiger partial charge is 0.220 e. The third-order valence-corrected chi connectivity index (χ3v) is 4.70. The van der Waals surface area contributed by atoms with Crippen molar-refractivity contribution in [2.45, 2.75) is 51.9 Å². The molecule has 3 rings (SSSR count). The van der Waals surface area contributed by atoms with Gasteiger partial charge in [-0.2, -0.15) is 5.10 Å². The SMILES string of the molecule is CCn1ncc(CN[C@@H]2CCC(=O)N[C@H]2c2ccccc2F)c1C. The van der Waals surface area contributed by atoms with E-state index in [-0.39, 0.29) is 23.8 Å². The number of hydrogen-bond acceptors (Lipinski definition) is 3. The lowest BCUT2D eigenvalue weighted by Gasteiger charge is -2.33. The lowest BCUT2D eigenvalue weighted by molar-refractivity contribution is -0.123. The van der Waals surface area contributed by atoms with E-state index in [0.29, 0.717) is 24.9 Å². The van der Waals surface area contributed by atoms with E-state index in [9.17, 15) is 9.18 Å². The Labute approximate surface area is 141 Å². The van der Waals surface area contributed by atoms with Crippen molar-refractivity contribution in [1.82, 2.24) is 20.4 Å². The number of hydrogen-bond donors (Lipinski definition) is 2. The van der Waals surface area contributed by atoms with Crippen LogP contribution in [-0.2, 0) is 17.9 Å². The normalized spacial score (nSPS) is 20.9. The number of piperidine rings is 1. The van der Waals surface area contributed by atoms with Crippen LogP contribution in [0.5, 0.6) is 0 Å². The van der Waals surface area contributed by atoms with Crippen molar-refractivity contribution in [3.05, 3.63) is 53.1 Å². The molecule has 5 nitrogen and oxygen atoms in total. The lowest BCUT2D eigenvalue weighted by atomic mass is 9.91. The van der Waals surface area contributed by atoms with Crippen molar-refractivity contribution in [2.24, 2.45) is 0 Å². The maximum Gasteiger partial charge on any atom is 0.220 e. The molecule has 0 aliphatic carbocycles. The summed E-state index contributed by atoms with van der Waals surface area (Å²) in [5.41, 5.74) is 2.79. The molecule has 0 bridgehead atoms. The summed E-state index contributed by atoms with van der Waals surface area (Å²) in [6, 6.07) is 6.27.